The van der Waals surface area contributed by atoms with Crippen LogP contribution in [0.2, 0.25) is 5.02 Å². The normalized spacial score (nSPS) is 11.1. The molecule has 0 saturated heterocycles. The Hall–Kier alpha value is -2.40. The zero-order chi connectivity index (χ0) is 20.0. The zero-order valence-electron chi connectivity index (χ0n) is 15.8. The summed E-state index contributed by atoms with van der Waals surface area (Å²) in [6, 6.07) is 12.2. The van der Waals surface area contributed by atoms with E-state index in [1.54, 1.807) is 36.4 Å². The molecule has 0 aliphatic rings. The molecule has 6 heteroatoms. The van der Waals surface area contributed by atoms with Gasteiger partial charge in [-0.1, -0.05) is 32.4 Å². The van der Waals surface area contributed by atoms with Crippen LogP contribution in [0.25, 0.3) is 0 Å². The fourth-order valence-electron chi connectivity index (χ4n) is 2.57. The van der Waals surface area contributed by atoms with Crippen molar-refractivity contribution in [2.75, 3.05) is 18.0 Å². The van der Waals surface area contributed by atoms with E-state index in [4.69, 9.17) is 11.6 Å². The summed E-state index contributed by atoms with van der Waals surface area (Å²) in [5, 5.41) is 3.37. The Kier molecular flexibility index (Phi) is 6.97. The van der Waals surface area contributed by atoms with Crippen LogP contribution in [-0.4, -0.2) is 24.9 Å². The zero-order valence-corrected chi connectivity index (χ0v) is 16.5. The maximum atomic E-state index is 13.3. The van der Waals surface area contributed by atoms with Crippen molar-refractivity contribution in [3.63, 3.8) is 0 Å². The summed E-state index contributed by atoms with van der Waals surface area (Å²) in [6.45, 7) is 6.53. The molecule has 0 radical (unpaired) electrons. The van der Waals surface area contributed by atoms with E-state index in [2.05, 4.69) is 5.32 Å². The Morgan fingerprint density at radius 1 is 1.04 bits per heavy atom. The van der Waals surface area contributed by atoms with Crippen LogP contribution >= 0.6 is 11.6 Å². The summed E-state index contributed by atoms with van der Waals surface area (Å²) in [4.78, 5) is 26.5. The third-order valence-corrected chi connectivity index (χ3v) is 4.08. The highest BCUT2D eigenvalue weighted by atomic mass is 35.5. The molecule has 0 unspecified atom stereocenters. The average Bonchev–Trinajstić information content (AvgIpc) is 2.58. The van der Waals surface area contributed by atoms with Crippen LogP contribution in [0.4, 0.5) is 10.1 Å². The van der Waals surface area contributed by atoms with Crippen molar-refractivity contribution in [1.82, 2.24) is 5.32 Å². The molecule has 0 aromatic heterocycles. The molecule has 4 nitrogen and oxygen atoms in total. The van der Waals surface area contributed by atoms with Crippen molar-refractivity contribution in [1.29, 1.82) is 0 Å². The summed E-state index contributed by atoms with van der Waals surface area (Å²) in [6.07, 6.45) is 0.397. The van der Waals surface area contributed by atoms with Gasteiger partial charge in [0, 0.05) is 35.8 Å². The van der Waals surface area contributed by atoms with Gasteiger partial charge in [0.2, 0.25) is 5.91 Å². The lowest BCUT2D eigenvalue weighted by atomic mass is 9.92. The number of rotatable bonds is 6. The van der Waals surface area contributed by atoms with E-state index in [0.717, 1.165) is 0 Å². The van der Waals surface area contributed by atoms with E-state index < -0.39 is 0 Å². The second kappa shape index (κ2) is 9.00. The van der Waals surface area contributed by atoms with Gasteiger partial charge in [0.1, 0.15) is 5.82 Å². The predicted molar refractivity (Wildman–Crippen MR) is 107 cm³/mol. The minimum absolute atomic E-state index is 0.0690. The molecule has 2 amide bonds. The number of nitrogens with zero attached hydrogens (tertiary/aromatic N) is 1. The first-order chi connectivity index (χ1) is 12.7. The second-order valence-corrected chi connectivity index (χ2v) is 7.96. The first kappa shape index (κ1) is 20.9. The lowest BCUT2D eigenvalue weighted by Gasteiger charge is -2.24. The van der Waals surface area contributed by atoms with Crippen LogP contribution < -0.4 is 10.2 Å². The number of anilines is 1. The number of hydrogen-bond acceptors (Lipinski definition) is 2. The van der Waals surface area contributed by atoms with E-state index in [1.165, 1.54) is 17.0 Å². The number of carbonyl (C=O) groups is 2. The smallest absolute Gasteiger partial charge is 0.258 e. The summed E-state index contributed by atoms with van der Waals surface area (Å²) in [5.41, 5.74) is 0.908. The Morgan fingerprint density at radius 3 is 2.19 bits per heavy atom. The molecule has 0 spiro atoms. The van der Waals surface area contributed by atoms with Gasteiger partial charge in [0.25, 0.3) is 5.91 Å². The van der Waals surface area contributed by atoms with Crippen molar-refractivity contribution < 1.29 is 14.0 Å². The van der Waals surface area contributed by atoms with Crippen molar-refractivity contribution in [2.45, 2.75) is 27.2 Å². The van der Waals surface area contributed by atoms with Crippen molar-refractivity contribution in [2.24, 2.45) is 5.41 Å². The minimum atomic E-state index is -0.379. The third-order valence-electron chi connectivity index (χ3n) is 3.82. The molecule has 0 atom stereocenters. The van der Waals surface area contributed by atoms with Gasteiger partial charge in [-0.2, -0.15) is 0 Å². The number of nitrogens with one attached hydrogen (secondary N) is 1. The molecule has 2 aromatic rings. The van der Waals surface area contributed by atoms with Crippen LogP contribution in [0, 0.1) is 11.2 Å². The van der Waals surface area contributed by atoms with Crippen LogP contribution in [0.3, 0.4) is 0 Å². The van der Waals surface area contributed by atoms with Crippen molar-refractivity contribution >= 4 is 29.1 Å². The topological polar surface area (TPSA) is 49.4 Å². The van der Waals surface area contributed by atoms with Gasteiger partial charge in [0.15, 0.2) is 0 Å². The van der Waals surface area contributed by atoms with E-state index >= 15 is 0 Å². The average molecular weight is 391 g/mol. The highest BCUT2D eigenvalue weighted by molar-refractivity contribution is 6.30. The van der Waals surface area contributed by atoms with Gasteiger partial charge in [0.05, 0.1) is 0 Å². The minimum Gasteiger partial charge on any atom is -0.354 e. The van der Waals surface area contributed by atoms with E-state index in [1.807, 2.05) is 20.8 Å². The van der Waals surface area contributed by atoms with Gasteiger partial charge in [-0.05, 0) is 53.9 Å². The summed E-state index contributed by atoms with van der Waals surface area (Å²) >= 11 is 5.89. The fourth-order valence-corrected chi connectivity index (χ4v) is 2.69. The largest absolute Gasteiger partial charge is 0.354 e. The Morgan fingerprint density at radius 2 is 1.63 bits per heavy atom. The standard InChI is InChI=1S/C21H24ClFN2O2/c1-21(2,3)14-19(26)24-12-13-25(18-10-8-17(23)9-11-18)20(27)15-4-6-16(22)7-5-15/h4-11H,12-14H2,1-3H3,(H,24,26). The molecular formula is C21H24ClFN2O2. The quantitative estimate of drug-likeness (QED) is 0.778. The Balaban J connectivity index is 2.13. The maximum Gasteiger partial charge on any atom is 0.258 e. The second-order valence-electron chi connectivity index (χ2n) is 7.53. The fraction of sp³-hybridized carbons (Fsp3) is 0.333. The molecule has 144 valence electrons. The van der Waals surface area contributed by atoms with E-state index in [0.29, 0.717) is 29.2 Å². The summed E-state index contributed by atoms with van der Waals surface area (Å²) < 4.78 is 13.3. The number of halogens is 2. The lowest BCUT2D eigenvalue weighted by Crippen LogP contribution is -2.39. The molecule has 0 bridgehead atoms. The van der Waals surface area contributed by atoms with E-state index in [9.17, 15) is 14.0 Å². The maximum absolute atomic E-state index is 13.3. The van der Waals surface area contributed by atoms with Gasteiger partial charge < -0.3 is 10.2 Å². The number of amides is 2. The molecule has 0 saturated carbocycles. The first-order valence-electron chi connectivity index (χ1n) is 8.75. The molecule has 1 N–H and O–H groups in total. The molecule has 27 heavy (non-hydrogen) atoms. The van der Waals surface area contributed by atoms with Crippen LogP contribution in [0.5, 0.6) is 0 Å². The number of benzene rings is 2. The monoisotopic (exact) mass is 390 g/mol. The Bertz CT molecular complexity index is 783. The van der Waals surface area contributed by atoms with Crippen molar-refractivity contribution in [3.05, 3.63) is 64.9 Å². The van der Waals surface area contributed by atoms with Crippen LogP contribution in [0.1, 0.15) is 37.6 Å². The van der Waals surface area contributed by atoms with Gasteiger partial charge in [-0.3, -0.25) is 9.59 Å². The molecule has 0 aliphatic carbocycles. The first-order valence-corrected chi connectivity index (χ1v) is 9.13. The molecule has 2 rings (SSSR count). The van der Waals surface area contributed by atoms with Gasteiger partial charge >= 0.3 is 0 Å². The highest BCUT2D eigenvalue weighted by Gasteiger charge is 2.19. The SMILES string of the molecule is CC(C)(C)CC(=O)NCCN(C(=O)c1ccc(Cl)cc1)c1ccc(F)cc1. The lowest BCUT2D eigenvalue weighted by molar-refractivity contribution is -0.122. The summed E-state index contributed by atoms with van der Waals surface area (Å²) in [7, 11) is 0. The Labute approximate surface area is 164 Å². The molecule has 0 fully saturated rings. The molecule has 0 aliphatic heterocycles. The predicted octanol–water partition coefficient (Wildman–Crippen LogP) is 4.68. The highest BCUT2D eigenvalue weighted by Crippen LogP contribution is 2.20. The number of carbonyl (C=O) groups excluding carboxylic acids is 2. The van der Waals surface area contributed by atoms with Crippen LogP contribution in [-0.2, 0) is 4.79 Å². The van der Waals surface area contributed by atoms with E-state index in [-0.39, 0.29) is 29.6 Å². The van der Waals surface area contributed by atoms with Crippen molar-refractivity contribution in [3.8, 4) is 0 Å². The summed E-state index contributed by atoms with van der Waals surface area (Å²) in [5.74, 6) is -0.694. The molecular weight excluding hydrogens is 367 g/mol. The third kappa shape index (κ3) is 6.68. The molecule has 0 heterocycles. The van der Waals surface area contributed by atoms with Gasteiger partial charge in [-0.25, -0.2) is 4.39 Å². The molecule has 2 aromatic carbocycles. The van der Waals surface area contributed by atoms with Gasteiger partial charge in [-0.15, -0.1) is 0 Å². The number of hydrogen-bond donors (Lipinski definition) is 1. The van der Waals surface area contributed by atoms with Crippen LogP contribution in [0.15, 0.2) is 48.5 Å².